The standard InChI is InChI=1S/C28H30Br2N2O3/c1-3-20(2)31-28(34)26(17-21-8-5-4-6-9-21)32(18-22-10-7-11-24(30)16-22)27(33)19-35-25-14-12-23(29)13-15-25/h4-16,20,26H,3,17-19H2,1-2H3,(H,31,34)/t20-,26+/m0/s1. The van der Waals surface area contributed by atoms with Crippen molar-refractivity contribution in [1.29, 1.82) is 0 Å². The average molecular weight is 602 g/mol. The molecule has 184 valence electrons. The Morgan fingerprint density at radius 2 is 1.60 bits per heavy atom. The summed E-state index contributed by atoms with van der Waals surface area (Å²) < 4.78 is 7.64. The lowest BCUT2D eigenvalue weighted by molar-refractivity contribution is -0.143. The fourth-order valence-corrected chi connectivity index (χ4v) is 4.30. The highest BCUT2D eigenvalue weighted by Gasteiger charge is 2.31. The molecule has 2 atom stereocenters. The highest BCUT2D eigenvalue weighted by molar-refractivity contribution is 9.10. The number of halogens is 2. The first-order chi connectivity index (χ1) is 16.9. The zero-order valence-corrected chi connectivity index (χ0v) is 23.1. The van der Waals surface area contributed by atoms with Gasteiger partial charge in [-0.2, -0.15) is 0 Å². The molecule has 0 aliphatic carbocycles. The van der Waals surface area contributed by atoms with E-state index in [0.29, 0.717) is 12.2 Å². The lowest BCUT2D eigenvalue weighted by Gasteiger charge is -2.32. The van der Waals surface area contributed by atoms with Gasteiger partial charge in [0.25, 0.3) is 5.91 Å². The van der Waals surface area contributed by atoms with Crippen molar-refractivity contribution < 1.29 is 14.3 Å². The Balaban J connectivity index is 1.90. The van der Waals surface area contributed by atoms with Gasteiger partial charge in [-0.25, -0.2) is 0 Å². The number of ether oxygens (including phenoxy) is 1. The summed E-state index contributed by atoms with van der Waals surface area (Å²) in [6.45, 7) is 4.10. The number of benzene rings is 3. The average Bonchev–Trinajstić information content (AvgIpc) is 2.86. The van der Waals surface area contributed by atoms with Crippen LogP contribution in [0.25, 0.3) is 0 Å². The van der Waals surface area contributed by atoms with E-state index in [2.05, 4.69) is 37.2 Å². The van der Waals surface area contributed by atoms with Gasteiger partial charge in [0.2, 0.25) is 5.91 Å². The molecule has 5 nitrogen and oxygen atoms in total. The Morgan fingerprint density at radius 1 is 0.914 bits per heavy atom. The Bertz CT molecular complexity index is 1110. The van der Waals surface area contributed by atoms with Gasteiger partial charge in [0.1, 0.15) is 11.8 Å². The Morgan fingerprint density at radius 3 is 2.26 bits per heavy atom. The predicted octanol–water partition coefficient (Wildman–Crippen LogP) is 6.15. The van der Waals surface area contributed by atoms with Crippen molar-refractivity contribution >= 4 is 43.7 Å². The molecule has 0 bridgehead atoms. The molecule has 0 aromatic heterocycles. The number of nitrogens with zero attached hydrogens (tertiary/aromatic N) is 1. The molecule has 35 heavy (non-hydrogen) atoms. The molecule has 0 unspecified atom stereocenters. The van der Waals surface area contributed by atoms with E-state index >= 15 is 0 Å². The first-order valence-corrected chi connectivity index (χ1v) is 13.2. The molecule has 7 heteroatoms. The number of amides is 2. The lowest BCUT2D eigenvalue weighted by Crippen LogP contribution is -2.53. The van der Waals surface area contributed by atoms with Gasteiger partial charge in [0.05, 0.1) is 0 Å². The minimum Gasteiger partial charge on any atom is -0.484 e. The van der Waals surface area contributed by atoms with Crippen molar-refractivity contribution in [3.05, 3.63) is 98.9 Å². The first-order valence-electron chi connectivity index (χ1n) is 11.6. The molecular weight excluding hydrogens is 572 g/mol. The number of nitrogens with one attached hydrogen (secondary N) is 1. The van der Waals surface area contributed by atoms with Crippen molar-refractivity contribution in [3.63, 3.8) is 0 Å². The van der Waals surface area contributed by atoms with Crippen molar-refractivity contribution in [1.82, 2.24) is 10.2 Å². The van der Waals surface area contributed by atoms with Gasteiger partial charge in [-0.05, 0) is 60.9 Å². The Labute approximate surface area is 224 Å². The molecule has 0 radical (unpaired) electrons. The summed E-state index contributed by atoms with van der Waals surface area (Å²) in [7, 11) is 0. The van der Waals surface area contributed by atoms with Crippen molar-refractivity contribution in [2.24, 2.45) is 0 Å². The molecule has 2 amide bonds. The third kappa shape index (κ3) is 8.51. The van der Waals surface area contributed by atoms with Crippen LogP contribution in [0.4, 0.5) is 0 Å². The van der Waals surface area contributed by atoms with Crippen molar-refractivity contribution in [2.45, 2.75) is 45.3 Å². The van der Waals surface area contributed by atoms with Crippen LogP contribution in [-0.4, -0.2) is 35.4 Å². The topological polar surface area (TPSA) is 58.6 Å². The van der Waals surface area contributed by atoms with E-state index in [-0.39, 0.29) is 31.0 Å². The summed E-state index contributed by atoms with van der Waals surface area (Å²) in [6.07, 6.45) is 1.21. The van der Waals surface area contributed by atoms with Crippen LogP contribution in [0.5, 0.6) is 5.75 Å². The fraction of sp³-hybridized carbons (Fsp3) is 0.286. The summed E-state index contributed by atoms with van der Waals surface area (Å²) in [5.41, 5.74) is 1.91. The maximum absolute atomic E-state index is 13.6. The molecule has 0 saturated carbocycles. The molecule has 1 N–H and O–H groups in total. The van der Waals surface area contributed by atoms with E-state index in [1.54, 1.807) is 17.0 Å². The van der Waals surface area contributed by atoms with Crippen molar-refractivity contribution in [2.75, 3.05) is 6.61 Å². The van der Waals surface area contributed by atoms with Gasteiger partial charge in [-0.1, -0.05) is 81.2 Å². The largest absolute Gasteiger partial charge is 0.484 e. The Kier molecular flexibility index (Phi) is 10.4. The van der Waals surface area contributed by atoms with Crippen LogP contribution in [0, 0.1) is 0 Å². The summed E-state index contributed by atoms with van der Waals surface area (Å²) in [6, 6.07) is 24.2. The van der Waals surface area contributed by atoms with E-state index in [1.165, 1.54) is 0 Å². The molecule has 3 aromatic rings. The minimum atomic E-state index is -0.689. The van der Waals surface area contributed by atoms with Crippen LogP contribution < -0.4 is 10.1 Å². The van der Waals surface area contributed by atoms with Gasteiger partial charge in [-0.3, -0.25) is 9.59 Å². The summed E-state index contributed by atoms with van der Waals surface area (Å²) in [5, 5.41) is 3.07. The Hall–Kier alpha value is -2.64. The highest BCUT2D eigenvalue weighted by Crippen LogP contribution is 2.20. The van der Waals surface area contributed by atoms with Crippen LogP contribution in [-0.2, 0) is 22.6 Å². The van der Waals surface area contributed by atoms with Gasteiger partial charge < -0.3 is 15.0 Å². The van der Waals surface area contributed by atoms with Crippen molar-refractivity contribution in [3.8, 4) is 5.75 Å². The predicted molar refractivity (Wildman–Crippen MR) is 146 cm³/mol. The van der Waals surface area contributed by atoms with Gasteiger partial charge in [0, 0.05) is 28.0 Å². The number of carbonyl (C=O) groups is 2. The third-order valence-corrected chi connectivity index (χ3v) is 6.71. The number of carbonyl (C=O) groups excluding carboxylic acids is 2. The fourth-order valence-electron chi connectivity index (χ4n) is 3.59. The van der Waals surface area contributed by atoms with Crippen LogP contribution >= 0.6 is 31.9 Å². The molecule has 0 saturated heterocycles. The number of rotatable bonds is 11. The van der Waals surface area contributed by atoms with Crippen LogP contribution in [0.2, 0.25) is 0 Å². The lowest BCUT2D eigenvalue weighted by atomic mass is 10.0. The molecule has 0 aliphatic rings. The molecule has 0 aliphatic heterocycles. The van der Waals surface area contributed by atoms with Crippen LogP contribution in [0.1, 0.15) is 31.4 Å². The molecule has 3 aromatic carbocycles. The second-order valence-corrected chi connectivity index (χ2v) is 10.2. The third-order valence-electron chi connectivity index (χ3n) is 5.69. The van der Waals surface area contributed by atoms with Crippen LogP contribution in [0.3, 0.4) is 0 Å². The summed E-state index contributed by atoms with van der Waals surface area (Å²) in [5.74, 6) is 0.163. The SMILES string of the molecule is CC[C@H](C)NC(=O)[C@@H](Cc1ccccc1)N(Cc1cccc(Br)c1)C(=O)COc1ccc(Br)cc1. The number of hydrogen-bond donors (Lipinski definition) is 1. The molecule has 0 fully saturated rings. The molecule has 3 rings (SSSR count). The van der Waals surface area contributed by atoms with E-state index in [9.17, 15) is 9.59 Å². The van der Waals surface area contributed by atoms with E-state index < -0.39 is 6.04 Å². The monoisotopic (exact) mass is 600 g/mol. The maximum atomic E-state index is 13.6. The van der Waals surface area contributed by atoms with Crippen LogP contribution in [0.15, 0.2) is 87.8 Å². The van der Waals surface area contributed by atoms with Gasteiger partial charge >= 0.3 is 0 Å². The molecule has 0 spiro atoms. The zero-order chi connectivity index (χ0) is 25.2. The van der Waals surface area contributed by atoms with E-state index in [1.807, 2.05) is 80.6 Å². The smallest absolute Gasteiger partial charge is 0.261 e. The number of hydrogen-bond acceptors (Lipinski definition) is 3. The maximum Gasteiger partial charge on any atom is 0.261 e. The van der Waals surface area contributed by atoms with Gasteiger partial charge in [0.15, 0.2) is 6.61 Å². The second kappa shape index (κ2) is 13.4. The van der Waals surface area contributed by atoms with Gasteiger partial charge in [-0.15, -0.1) is 0 Å². The highest BCUT2D eigenvalue weighted by atomic mass is 79.9. The molecular formula is C28H30Br2N2O3. The zero-order valence-electron chi connectivity index (χ0n) is 19.9. The van der Waals surface area contributed by atoms with E-state index in [4.69, 9.17) is 4.74 Å². The van der Waals surface area contributed by atoms with E-state index in [0.717, 1.165) is 26.5 Å². The quantitative estimate of drug-likeness (QED) is 0.287. The second-order valence-electron chi connectivity index (χ2n) is 8.42. The summed E-state index contributed by atoms with van der Waals surface area (Å²) >= 11 is 6.91. The minimum absolute atomic E-state index is 0.00242. The first kappa shape index (κ1) is 27.0. The molecule has 0 heterocycles. The normalized spacial score (nSPS) is 12.5. The summed E-state index contributed by atoms with van der Waals surface area (Å²) in [4.78, 5) is 28.7.